The Morgan fingerprint density at radius 1 is 0.970 bits per heavy atom. The monoisotopic (exact) mass is 458 g/mol. The number of aryl methyl sites for hydroxylation is 2. The van der Waals surface area contributed by atoms with Gasteiger partial charge in [0.2, 0.25) is 0 Å². The van der Waals surface area contributed by atoms with Crippen LogP contribution < -0.4 is 4.90 Å². The zero-order valence-corrected chi connectivity index (χ0v) is 20.0. The first-order valence-corrected chi connectivity index (χ1v) is 13.0. The summed E-state index contributed by atoms with van der Waals surface area (Å²) in [6, 6.07) is 10.8. The largest absolute Gasteiger partial charge is 0.352 e. The van der Waals surface area contributed by atoms with Crippen molar-refractivity contribution in [3.63, 3.8) is 0 Å². The zero-order chi connectivity index (χ0) is 22.2. The molecule has 3 aromatic heterocycles. The fraction of sp³-hybridized carbons (Fsp3) is 0.423. The first-order valence-electron chi connectivity index (χ1n) is 12.1. The van der Waals surface area contributed by atoms with E-state index in [9.17, 15) is 0 Å². The topological polar surface area (TPSA) is 50.1 Å². The lowest BCUT2D eigenvalue weighted by atomic mass is 10.1. The van der Waals surface area contributed by atoms with Gasteiger partial charge < -0.3 is 9.47 Å². The average Bonchev–Trinajstić information content (AvgIpc) is 3.44. The maximum atomic E-state index is 4.83. The number of hydrogen-bond acceptors (Lipinski definition) is 6. The van der Waals surface area contributed by atoms with E-state index >= 15 is 0 Å². The summed E-state index contributed by atoms with van der Waals surface area (Å²) in [5.74, 6) is 1.10. The summed E-state index contributed by atoms with van der Waals surface area (Å²) in [5, 5.41) is 3.24. The van der Waals surface area contributed by atoms with Gasteiger partial charge in [-0.05, 0) is 38.2 Å². The predicted octanol–water partition coefficient (Wildman–Crippen LogP) is 4.56. The lowest BCUT2D eigenvalue weighted by Gasteiger charge is -2.35. The molecule has 5 heterocycles. The number of piperazine rings is 1. The molecule has 170 valence electrons. The van der Waals surface area contributed by atoms with Crippen LogP contribution in [0.15, 0.2) is 42.0 Å². The van der Waals surface area contributed by atoms with Gasteiger partial charge in [-0.15, -0.1) is 11.3 Å². The Balaban J connectivity index is 1.28. The maximum absolute atomic E-state index is 4.83. The van der Waals surface area contributed by atoms with Gasteiger partial charge in [0.25, 0.3) is 0 Å². The van der Waals surface area contributed by atoms with Crippen molar-refractivity contribution in [1.29, 1.82) is 0 Å². The smallest absolute Gasteiger partial charge is 0.156 e. The Morgan fingerprint density at radius 2 is 1.82 bits per heavy atom. The van der Waals surface area contributed by atoms with Crippen molar-refractivity contribution in [3.05, 3.63) is 59.0 Å². The molecule has 7 heteroatoms. The van der Waals surface area contributed by atoms with Crippen LogP contribution in [0.4, 0.5) is 5.82 Å². The van der Waals surface area contributed by atoms with Crippen molar-refractivity contribution >= 4 is 28.2 Å². The Labute approximate surface area is 198 Å². The molecule has 6 rings (SSSR count). The Hall–Kier alpha value is -2.77. The Morgan fingerprint density at radius 3 is 2.61 bits per heavy atom. The minimum Gasteiger partial charge on any atom is -0.352 e. The molecule has 2 aliphatic heterocycles. The van der Waals surface area contributed by atoms with Crippen LogP contribution in [-0.2, 0) is 19.4 Å². The van der Waals surface area contributed by atoms with Crippen molar-refractivity contribution in [3.8, 4) is 10.6 Å². The minimum atomic E-state index is 1.01. The molecule has 0 unspecified atom stereocenters. The number of fused-ring (bicyclic) bond motifs is 3. The third-order valence-corrected chi connectivity index (χ3v) is 8.01. The van der Waals surface area contributed by atoms with Gasteiger partial charge in [-0.1, -0.05) is 30.3 Å². The molecule has 33 heavy (non-hydrogen) atoms. The summed E-state index contributed by atoms with van der Waals surface area (Å²) < 4.78 is 2.50. The van der Waals surface area contributed by atoms with Crippen LogP contribution in [-0.4, -0.2) is 57.1 Å². The van der Waals surface area contributed by atoms with E-state index in [2.05, 4.69) is 57.0 Å². The van der Waals surface area contributed by atoms with E-state index in [1.165, 1.54) is 35.2 Å². The number of rotatable bonds is 5. The fourth-order valence-corrected chi connectivity index (χ4v) is 6.18. The van der Waals surface area contributed by atoms with Crippen molar-refractivity contribution in [2.75, 3.05) is 37.6 Å². The maximum Gasteiger partial charge on any atom is 0.156 e. The first kappa shape index (κ1) is 20.8. The second-order valence-electron chi connectivity index (χ2n) is 9.18. The average molecular weight is 459 g/mol. The summed E-state index contributed by atoms with van der Waals surface area (Å²) in [6.07, 6.45) is 6.42. The molecule has 0 atom stereocenters. The second kappa shape index (κ2) is 8.88. The Kier molecular flexibility index (Phi) is 5.60. The summed E-state index contributed by atoms with van der Waals surface area (Å²) in [5.41, 5.74) is 7.44. The van der Waals surface area contributed by atoms with Gasteiger partial charge >= 0.3 is 0 Å². The summed E-state index contributed by atoms with van der Waals surface area (Å²) in [6.45, 7) is 8.40. The Bertz CT molecular complexity index is 1250. The highest BCUT2D eigenvalue weighted by molar-refractivity contribution is 7.13. The van der Waals surface area contributed by atoms with Gasteiger partial charge in [0, 0.05) is 56.0 Å². The predicted molar refractivity (Wildman–Crippen MR) is 135 cm³/mol. The molecule has 0 amide bonds. The summed E-state index contributed by atoms with van der Waals surface area (Å²) in [7, 11) is 0. The molecule has 0 bridgehead atoms. The highest BCUT2D eigenvalue weighted by atomic mass is 32.1. The molecule has 0 radical (unpaired) electrons. The summed E-state index contributed by atoms with van der Waals surface area (Å²) in [4.78, 5) is 19.5. The van der Waals surface area contributed by atoms with E-state index in [4.69, 9.17) is 15.0 Å². The number of nitrogens with zero attached hydrogens (tertiary/aromatic N) is 6. The van der Waals surface area contributed by atoms with Gasteiger partial charge in [0.05, 0.1) is 5.56 Å². The second-order valence-corrected chi connectivity index (χ2v) is 10.0. The molecule has 0 saturated carbocycles. The van der Waals surface area contributed by atoms with Crippen LogP contribution in [0.25, 0.3) is 21.6 Å². The number of aromatic nitrogens is 4. The van der Waals surface area contributed by atoms with Gasteiger partial charge in [0.15, 0.2) is 5.82 Å². The van der Waals surface area contributed by atoms with E-state index in [0.717, 1.165) is 74.1 Å². The summed E-state index contributed by atoms with van der Waals surface area (Å²) >= 11 is 1.74. The number of thiazole rings is 1. The van der Waals surface area contributed by atoms with Crippen molar-refractivity contribution < 1.29 is 0 Å². The third-order valence-electron chi connectivity index (χ3n) is 7.03. The molecule has 0 spiro atoms. The normalized spacial score (nSPS) is 16.9. The van der Waals surface area contributed by atoms with Crippen LogP contribution in [0.2, 0.25) is 0 Å². The van der Waals surface area contributed by atoms with E-state index < -0.39 is 0 Å². The zero-order valence-electron chi connectivity index (χ0n) is 19.2. The lowest BCUT2D eigenvalue weighted by molar-refractivity contribution is 0.260. The molecule has 1 aromatic carbocycles. The van der Waals surface area contributed by atoms with Crippen molar-refractivity contribution in [2.24, 2.45) is 0 Å². The minimum absolute atomic E-state index is 1.01. The third kappa shape index (κ3) is 3.93. The molecular weight excluding hydrogens is 428 g/mol. The van der Waals surface area contributed by atoms with E-state index in [1.54, 1.807) is 17.7 Å². The highest BCUT2D eigenvalue weighted by Crippen LogP contribution is 2.40. The van der Waals surface area contributed by atoms with Crippen molar-refractivity contribution in [2.45, 2.75) is 39.2 Å². The quantitative estimate of drug-likeness (QED) is 0.439. The van der Waals surface area contributed by atoms with Gasteiger partial charge in [-0.25, -0.2) is 15.0 Å². The van der Waals surface area contributed by atoms with Gasteiger partial charge in [-0.3, -0.25) is 4.90 Å². The lowest BCUT2D eigenvalue weighted by Crippen LogP contribution is -2.47. The van der Waals surface area contributed by atoms with E-state index in [1.807, 2.05) is 0 Å². The molecular formula is C26H30N6S. The highest BCUT2D eigenvalue weighted by Gasteiger charge is 2.28. The van der Waals surface area contributed by atoms with E-state index in [-0.39, 0.29) is 0 Å². The number of benzene rings is 1. The van der Waals surface area contributed by atoms with Crippen LogP contribution in [0.5, 0.6) is 0 Å². The van der Waals surface area contributed by atoms with Crippen LogP contribution in [0.3, 0.4) is 0 Å². The van der Waals surface area contributed by atoms with E-state index in [0.29, 0.717) is 0 Å². The first-order chi connectivity index (χ1) is 16.3. The molecule has 1 fully saturated rings. The number of hydrogen-bond donors (Lipinski definition) is 0. The SMILES string of the molecule is Cc1csc(-c2c3n(c4c(N5CCN(CCc6ccccc6)CC5)ncnc24)CCCC3)n1. The standard InChI is InChI=1S/C26H30N6S/c1-19-17-33-26(29-19)22-21-9-5-6-11-32(21)24-23(22)27-18-28-25(24)31-15-13-30(14-16-31)12-10-20-7-3-2-4-8-20/h2-4,7-8,17-18H,5-6,9-16H2,1H3. The molecule has 6 nitrogen and oxygen atoms in total. The van der Waals surface area contributed by atoms with Crippen molar-refractivity contribution in [1.82, 2.24) is 24.4 Å². The molecule has 0 N–H and O–H groups in total. The fourth-order valence-electron chi connectivity index (χ4n) is 5.32. The number of anilines is 1. The molecule has 4 aromatic rings. The van der Waals surface area contributed by atoms with Crippen LogP contribution in [0.1, 0.15) is 29.8 Å². The molecule has 1 saturated heterocycles. The van der Waals surface area contributed by atoms with Crippen LogP contribution >= 0.6 is 11.3 Å². The van der Waals surface area contributed by atoms with Gasteiger partial charge in [0.1, 0.15) is 22.4 Å². The van der Waals surface area contributed by atoms with Gasteiger partial charge in [-0.2, -0.15) is 0 Å². The molecule has 2 aliphatic rings. The molecule has 0 aliphatic carbocycles. The van der Waals surface area contributed by atoms with Crippen LogP contribution in [0, 0.1) is 6.92 Å².